The van der Waals surface area contributed by atoms with Gasteiger partial charge in [0.25, 0.3) is 0 Å². The molecule has 0 bridgehead atoms. The van der Waals surface area contributed by atoms with Crippen molar-refractivity contribution < 1.29 is 14.6 Å². The summed E-state index contributed by atoms with van der Waals surface area (Å²) < 4.78 is 4.25. The van der Waals surface area contributed by atoms with E-state index in [0.29, 0.717) is 11.8 Å². The van der Waals surface area contributed by atoms with E-state index >= 15 is 0 Å². The second kappa shape index (κ2) is 6.16. The second-order valence-corrected chi connectivity index (χ2v) is 3.02. The lowest BCUT2D eigenvalue weighted by Gasteiger charge is -2.02. The summed E-state index contributed by atoms with van der Waals surface area (Å²) in [5.74, 6) is 0.0584. The van der Waals surface area contributed by atoms with Crippen LogP contribution in [0.1, 0.15) is 21.5 Å². The van der Waals surface area contributed by atoms with E-state index in [1.54, 1.807) is 26.4 Å². The average molecular weight is 196 g/mol. The third kappa shape index (κ3) is 3.58. The highest BCUT2D eigenvalue weighted by molar-refractivity contribution is 5.79. The molecule has 0 aliphatic rings. The first kappa shape index (κ1) is 12.7. The smallest absolute Gasteiger partial charge is 0.153 e. The van der Waals surface area contributed by atoms with E-state index in [4.69, 9.17) is 0 Å². The molecule has 1 aromatic carbocycles. The van der Waals surface area contributed by atoms with Crippen molar-refractivity contribution in [2.24, 2.45) is 0 Å². The topological polar surface area (TPSA) is 46.5 Å². The van der Waals surface area contributed by atoms with Crippen LogP contribution in [0.4, 0.5) is 0 Å². The van der Waals surface area contributed by atoms with Crippen LogP contribution in [0.15, 0.2) is 12.1 Å². The zero-order chi connectivity index (χ0) is 11.1. The Hall–Kier alpha value is -1.35. The SMILES string of the molecule is COC.Cc1cc(O)c(C=O)cc1C. The van der Waals surface area contributed by atoms with Gasteiger partial charge in [-0.15, -0.1) is 0 Å². The van der Waals surface area contributed by atoms with Gasteiger partial charge in [0.05, 0.1) is 5.56 Å². The number of hydrogen-bond acceptors (Lipinski definition) is 3. The highest BCUT2D eigenvalue weighted by Crippen LogP contribution is 2.19. The monoisotopic (exact) mass is 196 g/mol. The Balaban J connectivity index is 0.000000500. The van der Waals surface area contributed by atoms with Crippen molar-refractivity contribution in [3.05, 3.63) is 28.8 Å². The molecule has 0 amide bonds. The zero-order valence-corrected chi connectivity index (χ0v) is 9.00. The van der Waals surface area contributed by atoms with Gasteiger partial charge in [0, 0.05) is 14.2 Å². The molecule has 0 saturated carbocycles. The molecule has 0 atom stereocenters. The lowest BCUT2D eigenvalue weighted by molar-refractivity contribution is 0.112. The summed E-state index contributed by atoms with van der Waals surface area (Å²) in [5.41, 5.74) is 2.37. The summed E-state index contributed by atoms with van der Waals surface area (Å²) in [5, 5.41) is 9.18. The zero-order valence-electron chi connectivity index (χ0n) is 9.00. The summed E-state index contributed by atoms with van der Waals surface area (Å²) in [6.07, 6.45) is 0.655. The summed E-state index contributed by atoms with van der Waals surface area (Å²) >= 11 is 0. The minimum Gasteiger partial charge on any atom is -0.507 e. The summed E-state index contributed by atoms with van der Waals surface area (Å²) in [6.45, 7) is 3.80. The third-order valence-electron chi connectivity index (χ3n) is 1.77. The van der Waals surface area contributed by atoms with Gasteiger partial charge in [0.2, 0.25) is 0 Å². The van der Waals surface area contributed by atoms with E-state index < -0.39 is 0 Å². The number of rotatable bonds is 1. The molecule has 78 valence electrons. The number of hydrogen-bond donors (Lipinski definition) is 1. The van der Waals surface area contributed by atoms with Crippen LogP contribution in [-0.2, 0) is 4.74 Å². The molecule has 1 aromatic rings. The fraction of sp³-hybridized carbons (Fsp3) is 0.364. The number of aromatic hydroxyl groups is 1. The number of phenolic OH excluding ortho intramolecular Hbond substituents is 1. The predicted molar refractivity (Wildman–Crippen MR) is 55.9 cm³/mol. The van der Waals surface area contributed by atoms with Crippen molar-refractivity contribution in [1.29, 1.82) is 0 Å². The van der Waals surface area contributed by atoms with E-state index in [9.17, 15) is 9.90 Å². The quantitative estimate of drug-likeness (QED) is 0.699. The van der Waals surface area contributed by atoms with Crippen LogP contribution in [0, 0.1) is 13.8 Å². The molecule has 0 heterocycles. The van der Waals surface area contributed by atoms with Gasteiger partial charge in [0.15, 0.2) is 6.29 Å². The molecule has 3 nitrogen and oxygen atoms in total. The number of ether oxygens (including phenoxy) is 1. The summed E-state index contributed by atoms with van der Waals surface area (Å²) in [6, 6.07) is 3.27. The fourth-order valence-corrected chi connectivity index (χ4v) is 0.918. The first-order valence-electron chi connectivity index (χ1n) is 4.22. The average Bonchev–Trinajstić information content (AvgIpc) is 2.12. The largest absolute Gasteiger partial charge is 0.507 e. The molecule has 0 aromatic heterocycles. The predicted octanol–water partition coefficient (Wildman–Crippen LogP) is 2.08. The molecule has 0 saturated heterocycles. The molecule has 14 heavy (non-hydrogen) atoms. The van der Waals surface area contributed by atoms with Crippen molar-refractivity contribution in [3.8, 4) is 5.75 Å². The van der Waals surface area contributed by atoms with Crippen molar-refractivity contribution in [1.82, 2.24) is 0 Å². The Bertz CT molecular complexity index is 306. The highest BCUT2D eigenvalue weighted by atomic mass is 16.4. The van der Waals surface area contributed by atoms with Crippen LogP contribution >= 0.6 is 0 Å². The first-order chi connectivity index (χ1) is 6.56. The molecule has 0 aliphatic carbocycles. The van der Waals surface area contributed by atoms with E-state index in [0.717, 1.165) is 11.1 Å². The molecule has 3 heteroatoms. The van der Waals surface area contributed by atoms with E-state index in [1.807, 2.05) is 13.8 Å². The van der Waals surface area contributed by atoms with Crippen molar-refractivity contribution in [2.45, 2.75) is 13.8 Å². The van der Waals surface area contributed by atoms with Crippen LogP contribution in [0.25, 0.3) is 0 Å². The number of methoxy groups -OCH3 is 1. The maximum atomic E-state index is 10.3. The van der Waals surface area contributed by atoms with Crippen LogP contribution in [0.3, 0.4) is 0 Å². The molecule has 0 fully saturated rings. The van der Waals surface area contributed by atoms with Gasteiger partial charge < -0.3 is 9.84 Å². The Morgan fingerprint density at radius 1 is 1.21 bits per heavy atom. The Kier molecular flexibility index (Phi) is 5.56. The van der Waals surface area contributed by atoms with Gasteiger partial charge >= 0.3 is 0 Å². The van der Waals surface area contributed by atoms with Crippen LogP contribution in [-0.4, -0.2) is 25.6 Å². The number of carbonyl (C=O) groups is 1. The van der Waals surface area contributed by atoms with E-state index in [1.165, 1.54) is 0 Å². The summed E-state index contributed by atoms with van der Waals surface area (Å²) in [4.78, 5) is 10.3. The third-order valence-corrected chi connectivity index (χ3v) is 1.77. The molecule has 0 aliphatic heterocycles. The van der Waals surface area contributed by atoms with Crippen molar-refractivity contribution >= 4 is 6.29 Å². The van der Waals surface area contributed by atoms with Gasteiger partial charge in [-0.1, -0.05) is 0 Å². The Morgan fingerprint density at radius 2 is 1.64 bits per heavy atom. The number of aryl methyl sites for hydroxylation is 2. The highest BCUT2D eigenvalue weighted by Gasteiger charge is 2.01. The lowest BCUT2D eigenvalue weighted by atomic mass is 10.1. The second-order valence-electron chi connectivity index (χ2n) is 3.02. The molecular weight excluding hydrogens is 180 g/mol. The fourth-order valence-electron chi connectivity index (χ4n) is 0.918. The number of phenols is 1. The minimum atomic E-state index is 0.0584. The van der Waals surface area contributed by atoms with E-state index in [-0.39, 0.29) is 5.75 Å². The maximum absolute atomic E-state index is 10.3. The number of aldehydes is 1. The van der Waals surface area contributed by atoms with Crippen LogP contribution < -0.4 is 0 Å². The van der Waals surface area contributed by atoms with Crippen LogP contribution in [0.2, 0.25) is 0 Å². The van der Waals surface area contributed by atoms with E-state index in [2.05, 4.69) is 4.74 Å². The van der Waals surface area contributed by atoms with Gasteiger partial charge in [-0.05, 0) is 37.1 Å². The number of carbonyl (C=O) groups excluding carboxylic acids is 1. The Morgan fingerprint density at radius 3 is 2.07 bits per heavy atom. The molecular formula is C11H16O3. The first-order valence-corrected chi connectivity index (χ1v) is 4.22. The Labute approximate surface area is 84.3 Å². The number of benzene rings is 1. The molecule has 0 spiro atoms. The van der Waals surface area contributed by atoms with Gasteiger partial charge in [0.1, 0.15) is 5.75 Å². The standard InChI is InChI=1S/C9H10O2.C2H6O/c1-6-3-8(5-10)9(11)4-7(6)2;1-3-2/h3-5,11H,1-2H3;1-2H3. The lowest BCUT2D eigenvalue weighted by Crippen LogP contribution is -1.86. The van der Waals surface area contributed by atoms with Gasteiger partial charge in [-0.25, -0.2) is 0 Å². The minimum absolute atomic E-state index is 0.0584. The molecule has 1 rings (SSSR count). The van der Waals surface area contributed by atoms with Gasteiger partial charge in [-0.3, -0.25) is 4.79 Å². The van der Waals surface area contributed by atoms with Crippen molar-refractivity contribution in [2.75, 3.05) is 14.2 Å². The summed E-state index contributed by atoms with van der Waals surface area (Å²) in [7, 11) is 3.25. The van der Waals surface area contributed by atoms with Gasteiger partial charge in [-0.2, -0.15) is 0 Å². The van der Waals surface area contributed by atoms with Crippen LogP contribution in [0.5, 0.6) is 5.75 Å². The normalized spacial score (nSPS) is 8.86. The van der Waals surface area contributed by atoms with Crippen molar-refractivity contribution in [3.63, 3.8) is 0 Å². The molecule has 0 radical (unpaired) electrons. The maximum Gasteiger partial charge on any atom is 0.153 e. The molecule has 1 N–H and O–H groups in total. The molecule has 0 unspecified atom stereocenters.